The molecule has 0 aromatic carbocycles. The van der Waals surface area contributed by atoms with Crippen LogP contribution in [0.4, 0.5) is 5.82 Å². The maximum absolute atomic E-state index is 12.2. The number of aliphatic hydroxyl groups is 1. The molecule has 1 spiro atoms. The van der Waals surface area contributed by atoms with Gasteiger partial charge in [-0.3, -0.25) is 4.79 Å². The van der Waals surface area contributed by atoms with Gasteiger partial charge < -0.3 is 15.3 Å². The highest BCUT2D eigenvalue weighted by Gasteiger charge is 2.45. The second kappa shape index (κ2) is 5.83. The van der Waals surface area contributed by atoms with Crippen molar-refractivity contribution in [3.05, 3.63) is 17.6 Å². The molecule has 2 N–H and O–H groups in total. The summed E-state index contributed by atoms with van der Waals surface area (Å²) in [7, 11) is 0. The van der Waals surface area contributed by atoms with Crippen LogP contribution in [-0.4, -0.2) is 46.7 Å². The molecule has 1 aromatic rings. The first-order valence-electron chi connectivity index (χ1n) is 8.08. The van der Waals surface area contributed by atoms with Crippen molar-refractivity contribution in [1.29, 1.82) is 0 Å². The van der Waals surface area contributed by atoms with Gasteiger partial charge in [0.15, 0.2) is 0 Å². The van der Waals surface area contributed by atoms with Gasteiger partial charge in [-0.2, -0.15) is 0 Å². The fraction of sp³-hybridized carbons (Fsp3) is 0.688. The number of aliphatic hydroxyl groups excluding tert-OH is 1. The van der Waals surface area contributed by atoms with Crippen LogP contribution in [0.1, 0.15) is 37.7 Å². The topological polar surface area (TPSA) is 78.4 Å². The van der Waals surface area contributed by atoms with Crippen LogP contribution in [0.15, 0.2) is 6.07 Å². The van der Waals surface area contributed by atoms with Gasteiger partial charge >= 0.3 is 0 Å². The minimum atomic E-state index is -0.419. The number of aryl methyl sites for hydroxylation is 2. The Morgan fingerprint density at radius 2 is 2.14 bits per heavy atom. The summed E-state index contributed by atoms with van der Waals surface area (Å²) >= 11 is 0. The fourth-order valence-corrected chi connectivity index (χ4v) is 3.56. The van der Waals surface area contributed by atoms with Crippen LogP contribution < -0.4 is 10.2 Å². The Kier molecular flexibility index (Phi) is 4.04. The summed E-state index contributed by atoms with van der Waals surface area (Å²) in [6.45, 7) is 5.97. The number of anilines is 1. The first-order valence-corrected chi connectivity index (χ1v) is 8.08. The molecular weight excluding hydrogens is 280 g/mol. The molecule has 2 aliphatic heterocycles. The predicted molar refractivity (Wildman–Crippen MR) is 83.7 cm³/mol. The lowest BCUT2D eigenvalue weighted by Gasteiger charge is -2.44. The van der Waals surface area contributed by atoms with E-state index >= 15 is 0 Å². The van der Waals surface area contributed by atoms with Crippen molar-refractivity contribution in [2.45, 2.75) is 45.6 Å². The van der Waals surface area contributed by atoms with Gasteiger partial charge in [-0.15, -0.1) is 0 Å². The Morgan fingerprint density at radius 1 is 1.41 bits per heavy atom. The zero-order valence-corrected chi connectivity index (χ0v) is 13.3. The quantitative estimate of drug-likeness (QED) is 0.845. The van der Waals surface area contributed by atoms with Crippen molar-refractivity contribution >= 4 is 11.7 Å². The minimum absolute atomic E-state index is 0.102. The monoisotopic (exact) mass is 304 g/mol. The summed E-state index contributed by atoms with van der Waals surface area (Å²) in [5, 5.41) is 12.7. The molecule has 6 heteroatoms. The van der Waals surface area contributed by atoms with Crippen molar-refractivity contribution in [3.63, 3.8) is 0 Å². The zero-order valence-electron chi connectivity index (χ0n) is 13.3. The number of hydrogen-bond acceptors (Lipinski definition) is 5. The third-order valence-corrected chi connectivity index (χ3v) is 4.89. The molecule has 2 aliphatic rings. The molecule has 1 unspecified atom stereocenters. The number of carbonyl (C=O) groups is 1. The third kappa shape index (κ3) is 2.79. The molecule has 22 heavy (non-hydrogen) atoms. The molecule has 120 valence electrons. The normalized spacial score (nSPS) is 24.4. The van der Waals surface area contributed by atoms with Crippen molar-refractivity contribution in [1.82, 2.24) is 15.3 Å². The van der Waals surface area contributed by atoms with E-state index in [0.29, 0.717) is 13.0 Å². The highest BCUT2D eigenvalue weighted by molar-refractivity contribution is 5.84. The Morgan fingerprint density at radius 3 is 2.82 bits per heavy atom. The number of nitrogens with one attached hydrogen (secondary N) is 1. The van der Waals surface area contributed by atoms with Crippen LogP contribution in [0.25, 0.3) is 0 Å². The molecule has 0 bridgehead atoms. The second-order valence-electron chi connectivity index (χ2n) is 6.45. The Balaban J connectivity index is 1.74. The molecule has 1 atom stereocenters. The van der Waals surface area contributed by atoms with E-state index in [4.69, 9.17) is 0 Å². The van der Waals surface area contributed by atoms with E-state index in [0.717, 1.165) is 49.7 Å². The smallest absolute Gasteiger partial charge is 0.226 e. The molecular formula is C16H24N4O2. The Hall–Kier alpha value is -1.69. The molecule has 2 fully saturated rings. The van der Waals surface area contributed by atoms with Crippen molar-refractivity contribution in [2.24, 2.45) is 5.41 Å². The Labute approximate surface area is 131 Å². The third-order valence-electron chi connectivity index (χ3n) is 4.89. The first-order chi connectivity index (χ1) is 10.5. The summed E-state index contributed by atoms with van der Waals surface area (Å²) in [4.78, 5) is 23.4. The van der Waals surface area contributed by atoms with E-state index in [2.05, 4.69) is 27.1 Å². The van der Waals surface area contributed by atoms with Gasteiger partial charge in [0.1, 0.15) is 11.6 Å². The molecule has 1 amide bonds. The number of β-amino-alcohol motifs (C(OH)–C–C–N with tert-alkyl or cyclic N) is 1. The van der Waals surface area contributed by atoms with Gasteiger partial charge in [-0.25, -0.2) is 9.97 Å². The molecule has 1 aromatic heterocycles. The van der Waals surface area contributed by atoms with Crippen molar-refractivity contribution in [2.75, 3.05) is 24.5 Å². The lowest BCUT2D eigenvalue weighted by molar-refractivity contribution is -0.138. The zero-order chi connectivity index (χ0) is 15.7. The molecule has 0 aliphatic carbocycles. The fourth-order valence-electron chi connectivity index (χ4n) is 3.56. The average Bonchev–Trinajstić information content (AvgIpc) is 2.51. The summed E-state index contributed by atoms with van der Waals surface area (Å²) in [6.07, 6.45) is 2.58. The van der Waals surface area contributed by atoms with Crippen molar-refractivity contribution in [3.8, 4) is 0 Å². The number of hydrogen-bond donors (Lipinski definition) is 2. The molecule has 0 saturated carbocycles. The highest BCUT2D eigenvalue weighted by atomic mass is 16.3. The van der Waals surface area contributed by atoms with Gasteiger partial charge in [0.05, 0.1) is 11.5 Å². The van der Waals surface area contributed by atoms with Gasteiger partial charge in [-0.1, -0.05) is 6.92 Å². The summed E-state index contributed by atoms with van der Waals surface area (Å²) in [5.74, 6) is 1.85. The number of rotatable bonds is 2. The minimum Gasteiger partial charge on any atom is -0.391 e. The van der Waals surface area contributed by atoms with Crippen LogP contribution in [0.3, 0.4) is 0 Å². The van der Waals surface area contributed by atoms with E-state index in [9.17, 15) is 9.90 Å². The van der Waals surface area contributed by atoms with Gasteiger partial charge in [0.25, 0.3) is 0 Å². The lowest BCUT2D eigenvalue weighted by atomic mass is 9.71. The molecule has 2 saturated heterocycles. The van der Waals surface area contributed by atoms with Crippen LogP contribution in [0.2, 0.25) is 0 Å². The van der Waals surface area contributed by atoms with Crippen LogP contribution in [-0.2, 0) is 11.2 Å². The SMILES string of the molecule is CCc1cc(N2CCC3(CC2)CC(O)CNC3=O)nc(C)n1. The van der Waals surface area contributed by atoms with E-state index in [1.165, 1.54) is 0 Å². The lowest BCUT2D eigenvalue weighted by Crippen LogP contribution is -2.56. The van der Waals surface area contributed by atoms with Gasteiger partial charge in [0.2, 0.25) is 5.91 Å². The van der Waals surface area contributed by atoms with Crippen molar-refractivity contribution < 1.29 is 9.90 Å². The molecule has 0 radical (unpaired) electrons. The van der Waals surface area contributed by atoms with Crippen LogP contribution in [0.5, 0.6) is 0 Å². The maximum atomic E-state index is 12.2. The van der Waals surface area contributed by atoms with Gasteiger partial charge in [-0.05, 0) is 32.6 Å². The maximum Gasteiger partial charge on any atom is 0.226 e. The predicted octanol–water partition coefficient (Wildman–Crippen LogP) is 0.815. The Bertz CT molecular complexity index is 567. The van der Waals surface area contributed by atoms with Gasteiger partial charge in [0, 0.05) is 31.4 Å². The molecule has 3 rings (SSSR count). The average molecular weight is 304 g/mol. The number of amides is 1. The highest BCUT2D eigenvalue weighted by Crippen LogP contribution is 2.39. The molecule has 6 nitrogen and oxygen atoms in total. The summed E-state index contributed by atoms with van der Waals surface area (Å²) < 4.78 is 0. The number of carbonyl (C=O) groups excluding carboxylic acids is 1. The second-order valence-corrected chi connectivity index (χ2v) is 6.45. The van der Waals surface area contributed by atoms with E-state index in [-0.39, 0.29) is 5.91 Å². The molecule has 3 heterocycles. The largest absolute Gasteiger partial charge is 0.391 e. The number of aromatic nitrogens is 2. The van der Waals surface area contributed by atoms with E-state index in [1.807, 2.05) is 13.0 Å². The standard InChI is InChI=1S/C16H24N4O2/c1-3-12-8-14(19-11(2)18-12)20-6-4-16(5-7-20)9-13(21)10-17-15(16)22/h8,13,21H,3-7,9-10H2,1-2H3,(H,17,22). The van der Waals surface area contributed by atoms with Crippen LogP contribution >= 0.6 is 0 Å². The summed E-state index contributed by atoms with van der Waals surface area (Å²) in [5.41, 5.74) is 0.651. The van der Waals surface area contributed by atoms with E-state index < -0.39 is 11.5 Å². The first kappa shape index (κ1) is 15.2. The summed E-state index contributed by atoms with van der Waals surface area (Å²) in [6, 6.07) is 2.04. The van der Waals surface area contributed by atoms with E-state index in [1.54, 1.807) is 0 Å². The number of piperidine rings is 2. The number of nitrogens with zero attached hydrogens (tertiary/aromatic N) is 3. The van der Waals surface area contributed by atoms with Crippen LogP contribution in [0, 0.1) is 12.3 Å².